The smallest absolute Gasteiger partial charge is 0.340 e. The van der Waals surface area contributed by atoms with E-state index in [1.54, 1.807) is 45.9 Å². The highest BCUT2D eigenvalue weighted by Crippen LogP contribution is 2.25. The summed E-state index contributed by atoms with van der Waals surface area (Å²) in [6.07, 6.45) is -0.297. The number of nitrogens with one attached hydrogen (secondary N) is 1. The SMILES string of the molecule is COC(=O)CN(Cc1cc(OC)cc(OC)c1)C(=O)c1[nH]c(C)c(C(=O)OC(C)C)c1C. The molecule has 0 bridgehead atoms. The number of H-pyrrole nitrogens is 1. The van der Waals surface area contributed by atoms with Gasteiger partial charge in [0, 0.05) is 18.3 Å². The van der Waals surface area contributed by atoms with E-state index in [2.05, 4.69) is 4.98 Å². The third-order valence-corrected chi connectivity index (χ3v) is 4.82. The van der Waals surface area contributed by atoms with Crippen LogP contribution in [-0.2, 0) is 20.8 Å². The Hall–Kier alpha value is -3.49. The molecule has 174 valence electrons. The lowest BCUT2D eigenvalue weighted by atomic mass is 10.1. The Balaban J connectivity index is 2.43. The quantitative estimate of drug-likeness (QED) is 0.590. The van der Waals surface area contributed by atoms with Crippen LogP contribution in [0.4, 0.5) is 0 Å². The summed E-state index contributed by atoms with van der Waals surface area (Å²) in [6, 6.07) is 5.21. The predicted molar refractivity (Wildman–Crippen MR) is 117 cm³/mol. The van der Waals surface area contributed by atoms with Crippen LogP contribution < -0.4 is 9.47 Å². The molecule has 9 nitrogen and oxygen atoms in total. The van der Waals surface area contributed by atoms with Crippen molar-refractivity contribution in [1.82, 2.24) is 9.88 Å². The summed E-state index contributed by atoms with van der Waals surface area (Å²) in [5, 5.41) is 0. The summed E-state index contributed by atoms with van der Waals surface area (Å²) < 4.78 is 20.6. The van der Waals surface area contributed by atoms with Crippen molar-refractivity contribution in [1.29, 1.82) is 0 Å². The van der Waals surface area contributed by atoms with Gasteiger partial charge in [-0.25, -0.2) is 4.79 Å². The fourth-order valence-electron chi connectivity index (χ4n) is 3.30. The second-order valence-corrected chi connectivity index (χ2v) is 7.54. The van der Waals surface area contributed by atoms with Gasteiger partial charge in [0.2, 0.25) is 0 Å². The maximum absolute atomic E-state index is 13.4. The van der Waals surface area contributed by atoms with Crippen molar-refractivity contribution < 1.29 is 33.3 Å². The lowest BCUT2D eigenvalue weighted by Gasteiger charge is -2.22. The van der Waals surface area contributed by atoms with Gasteiger partial charge in [0.15, 0.2) is 0 Å². The Morgan fingerprint density at radius 1 is 1.00 bits per heavy atom. The molecule has 0 aliphatic rings. The first-order chi connectivity index (χ1) is 15.1. The minimum absolute atomic E-state index is 0.0881. The standard InChI is InChI=1S/C23H30N2O7/c1-13(2)32-23(28)20-14(3)21(24-15(20)4)22(27)25(12-19(26)31-7)11-16-8-17(29-5)10-18(9-16)30-6/h8-10,13,24H,11-12H2,1-7H3. The van der Waals surface area contributed by atoms with Crippen molar-refractivity contribution in [2.24, 2.45) is 0 Å². The summed E-state index contributed by atoms with van der Waals surface area (Å²) >= 11 is 0. The van der Waals surface area contributed by atoms with E-state index < -0.39 is 17.8 Å². The van der Waals surface area contributed by atoms with Crippen LogP contribution >= 0.6 is 0 Å². The number of methoxy groups -OCH3 is 3. The van der Waals surface area contributed by atoms with Gasteiger partial charge in [-0.3, -0.25) is 9.59 Å². The second kappa shape index (κ2) is 10.7. The zero-order valence-electron chi connectivity index (χ0n) is 19.5. The molecule has 2 aromatic rings. The number of rotatable bonds is 9. The summed E-state index contributed by atoms with van der Waals surface area (Å²) in [6.45, 7) is 6.67. The van der Waals surface area contributed by atoms with E-state index in [4.69, 9.17) is 18.9 Å². The number of aromatic nitrogens is 1. The number of amides is 1. The van der Waals surface area contributed by atoms with Crippen LogP contribution in [0.3, 0.4) is 0 Å². The zero-order chi connectivity index (χ0) is 24.0. The third-order valence-electron chi connectivity index (χ3n) is 4.82. The van der Waals surface area contributed by atoms with Crippen molar-refractivity contribution in [3.8, 4) is 11.5 Å². The number of aromatic amines is 1. The van der Waals surface area contributed by atoms with Crippen LogP contribution in [0, 0.1) is 13.8 Å². The van der Waals surface area contributed by atoms with E-state index in [9.17, 15) is 14.4 Å². The summed E-state index contributed by atoms with van der Waals surface area (Å²) in [7, 11) is 4.31. The van der Waals surface area contributed by atoms with Gasteiger partial charge in [0.25, 0.3) is 5.91 Å². The van der Waals surface area contributed by atoms with E-state index in [0.29, 0.717) is 33.9 Å². The highest BCUT2D eigenvalue weighted by molar-refractivity contribution is 6.01. The van der Waals surface area contributed by atoms with E-state index in [0.717, 1.165) is 0 Å². The fraction of sp³-hybridized carbons (Fsp3) is 0.435. The van der Waals surface area contributed by atoms with Crippen LogP contribution in [0.1, 0.15) is 51.5 Å². The van der Waals surface area contributed by atoms with Crippen LogP contribution in [0.2, 0.25) is 0 Å². The molecule has 1 N–H and O–H groups in total. The van der Waals surface area contributed by atoms with Gasteiger partial charge in [0.05, 0.1) is 33.0 Å². The van der Waals surface area contributed by atoms with E-state index in [1.165, 1.54) is 26.2 Å². The van der Waals surface area contributed by atoms with Gasteiger partial charge in [-0.2, -0.15) is 0 Å². The number of hydrogen-bond acceptors (Lipinski definition) is 7. The number of ether oxygens (including phenoxy) is 4. The first-order valence-electron chi connectivity index (χ1n) is 10.1. The zero-order valence-corrected chi connectivity index (χ0v) is 19.5. The van der Waals surface area contributed by atoms with Crippen molar-refractivity contribution in [3.05, 3.63) is 46.3 Å². The fourth-order valence-corrected chi connectivity index (χ4v) is 3.30. The van der Waals surface area contributed by atoms with Crippen LogP contribution in [0.5, 0.6) is 11.5 Å². The molecule has 0 fully saturated rings. The van der Waals surface area contributed by atoms with Crippen molar-refractivity contribution in [3.63, 3.8) is 0 Å². The van der Waals surface area contributed by atoms with Crippen LogP contribution in [-0.4, -0.2) is 61.7 Å². The lowest BCUT2D eigenvalue weighted by Crippen LogP contribution is -2.36. The van der Waals surface area contributed by atoms with E-state index in [1.807, 2.05) is 0 Å². The maximum Gasteiger partial charge on any atom is 0.340 e. The number of aryl methyl sites for hydroxylation is 1. The molecule has 1 amide bonds. The summed E-state index contributed by atoms with van der Waals surface area (Å²) in [4.78, 5) is 42.2. The number of nitrogens with zero attached hydrogens (tertiary/aromatic N) is 1. The molecule has 0 aliphatic heterocycles. The monoisotopic (exact) mass is 446 g/mol. The minimum Gasteiger partial charge on any atom is -0.497 e. The van der Waals surface area contributed by atoms with Gasteiger partial charge < -0.3 is 28.8 Å². The van der Waals surface area contributed by atoms with Gasteiger partial charge in [-0.05, 0) is 51.0 Å². The summed E-state index contributed by atoms with van der Waals surface area (Å²) in [5.41, 5.74) is 2.17. The molecule has 0 saturated carbocycles. The molecule has 2 rings (SSSR count). The number of benzene rings is 1. The largest absolute Gasteiger partial charge is 0.497 e. The highest BCUT2D eigenvalue weighted by atomic mass is 16.5. The normalized spacial score (nSPS) is 10.6. The Labute approximate surface area is 187 Å². The topological polar surface area (TPSA) is 107 Å². The molecule has 0 radical (unpaired) electrons. The molecule has 0 saturated heterocycles. The Bertz CT molecular complexity index is 972. The molecular formula is C23H30N2O7. The number of carbonyl (C=O) groups excluding carboxylic acids is 3. The molecule has 0 atom stereocenters. The molecule has 0 spiro atoms. The molecule has 0 unspecified atom stereocenters. The van der Waals surface area contributed by atoms with E-state index >= 15 is 0 Å². The molecule has 32 heavy (non-hydrogen) atoms. The van der Waals surface area contributed by atoms with Gasteiger partial charge in [-0.15, -0.1) is 0 Å². The van der Waals surface area contributed by atoms with Crippen LogP contribution in [0.25, 0.3) is 0 Å². The first-order valence-corrected chi connectivity index (χ1v) is 10.1. The third kappa shape index (κ3) is 5.81. The van der Waals surface area contributed by atoms with Gasteiger partial charge >= 0.3 is 11.9 Å². The summed E-state index contributed by atoms with van der Waals surface area (Å²) in [5.74, 6) is -0.441. The Morgan fingerprint density at radius 3 is 2.09 bits per heavy atom. The average molecular weight is 447 g/mol. The highest BCUT2D eigenvalue weighted by Gasteiger charge is 2.28. The first kappa shape index (κ1) is 24.8. The molecule has 1 heterocycles. The average Bonchev–Trinajstić information content (AvgIpc) is 3.05. The van der Waals surface area contributed by atoms with Gasteiger partial charge in [0.1, 0.15) is 23.7 Å². The Kier molecular flexibility index (Phi) is 8.28. The maximum atomic E-state index is 13.4. The molecule has 1 aromatic heterocycles. The van der Waals surface area contributed by atoms with Gasteiger partial charge in [-0.1, -0.05) is 0 Å². The van der Waals surface area contributed by atoms with Crippen molar-refractivity contribution >= 4 is 17.8 Å². The van der Waals surface area contributed by atoms with Crippen molar-refractivity contribution in [2.45, 2.75) is 40.3 Å². The van der Waals surface area contributed by atoms with Crippen LogP contribution in [0.15, 0.2) is 18.2 Å². The molecule has 0 aliphatic carbocycles. The Morgan fingerprint density at radius 2 is 1.59 bits per heavy atom. The number of hydrogen-bond donors (Lipinski definition) is 1. The lowest BCUT2D eigenvalue weighted by molar-refractivity contribution is -0.141. The minimum atomic E-state index is -0.575. The number of carbonyl (C=O) groups is 3. The van der Waals surface area contributed by atoms with Crippen molar-refractivity contribution in [2.75, 3.05) is 27.9 Å². The number of esters is 2. The molecular weight excluding hydrogens is 416 g/mol. The second-order valence-electron chi connectivity index (χ2n) is 7.54. The predicted octanol–water partition coefficient (Wildman–Crippen LogP) is 3.03. The molecule has 1 aromatic carbocycles. The van der Waals surface area contributed by atoms with E-state index in [-0.39, 0.29) is 24.9 Å². The molecule has 9 heteroatoms.